The van der Waals surface area contributed by atoms with Crippen molar-refractivity contribution in [2.75, 3.05) is 18.5 Å². The van der Waals surface area contributed by atoms with Gasteiger partial charge in [-0.3, -0.25) is 0 Å². The fraction of sp³-hybridized carbons (Fsp3) is 0.333. The van der Waals surface area contributed by atoms with Crippen LogP contribution >= 0.6 is 0 Å². The van der Waals surface area contributed by atoms with Crippen LogP contribution in [0.2, 0.25) is 0 Å². The van der Waals surface area contributed by atoms with E-state index < -0.39 is 0 Å². The minimum atomic E-state index is 0.615. The monoisotopic (exact) mass is 257 g/mol. The molecule has 0 fully saturated rings. The SMILES string of the molecule is CCCOc1ccnc(NCCc2ccccc2)n1. The van der Waals surface area contributed by atoms with Gasteiger partial charge in [-0.1, -0.05) is 37.3 Å². The van der Waals surface area contributed by atoms with Crippen molar-refractivity contribution in [2.24, 2.45) is 0 Å². The van der Waals surface area contributed by atoms with Gasteiger partial charge in [0.25, 0.3) is 0 Å². The molecule has 19 heavy (non-hydrogen) atoms. The molecular weight excluding hydrogens is 238 g/mol. The molecular formula is C15H19N3O. The molecule has 0 radical (unpaired) electrons. The Labute approximate surface area is 113 Å². The van der Waals surface area contributed by atoms with Crippen molar-refractivity contribution >= 4 is 5.95 Å². The number of hydrogen-bond donors (Lipinski definition) is 1. The van der Waals surface area contributed by atoms with Crippen LogP contribution in [0.3, 0.4) is 0 Å². The normalized spacial score (nSPS) is 10.2. The quantitative estimate of drug-likeness (QED) is 0.828. The van der Waals surface area contributed by atoms with E-state index >= 15 is 0 Å². The Hall–Kier alpha value is -2.10. The van der Waals surface area contributed by atoms with Gasteiger partial charge in [0.1, 0.15) is 0 Å². The van der Waals surface area contributed by atoms with Gasteiger partial charge >= 0.3 is 0 Å². The molecule has 1 aromatic heterocycles. The first-order valence-electron chi connectivity index (χ1n) is 6.62. The highest BCUT2D eigenvalue weighted by Gasteiger charge is 1.99. The predicted molar refractivity (Wildman–Crippen MR) is 76.5 cm³/mol. The number of aromatic nitrogens is 2. The molecule has 2 rings (SSSR count). The minimum absolute atomic E-state index is 0.615. The number of nitrogens with zero attached hydrogens (tertiary/aromatic N) is 2. The summed E-state index contributed by atoms with van der Waals surface area (Å²) in [5.41, 5.74) is 1.30. The van der Waals surface area contributed by atoms with Crippen LogP contribution in [-0.2, 0) is 6.42 Å². The number of hydrogen-bond acceptors (Lipinski definition) is 4. The van der Waals surface area contributed by atoms with Crippen molar-refractivity contribution in [1.82, 2.24) is 9.97 Å². The van der Waals surface area contributed by atoms with E-state index in [1.165, 1.54) is 5.56 Å². The standard InChI is InChI=1S/C15H19N3O/c1-2-12-19-14-9-11-17-15(18-14)16-10-8-13-6-4-3-5-7-13/h3-7,9,11H,2,8,10,12H2,1H3,(H,16,17,18). The molecule has 0 saturated heterocycles. The molecule has 0 aliphatic heterocycles. The summed E-state index contributed by atoms with van der Waals surface area (Å²) in [6.45, 7) is 3.56. The molecule has 0 unspecified atom stereocenters. The highest BCUT2D eigenvalue weighted by Crippen LogP contribution is 2.08. The van der Waals surface area contributed by atoms with Gasteiger partial charge in [-0.15, -0.1) is 0 Å². The van der Waals surface area contributed by atoms with Crippen LogP contribution in [-0.4, -0.2) is 23.1 Å². The van der Waals surface area contributed by atoms with Crippen molar-refractivity contribution < 1.29 is 4.74 Å². The Morgan fingerprint density at radius 1 is 1.16 bits per heavy atom. The van der Waals surface area contributed by atoms with E-state index in [1.54, 1.807) is 12.3 Å². The molecule has 1 heterocycles. The summed E-state index contributed by atoms with van der Waals surface area (Å²) in [5.74, 6) is 1.24. The zero-order valence-electron chi connectivity index (χ0n) is 11.2. The maximum absolute atomic E-state index is 5.47. The zero-order chi connectivity index (χ0) is 13.3. The fourth-order valence-electron chi connectivity index (χ4n) is 1.68. The average Bonchev–Trinajstić information content (AvgIpc) is 2.47. The summed E-state index contributed by atoms with van der Waals surface area (Å²) in [4.78, 5) is 8.47. The van der Waals surface area contributed by atoms with Gasteiger partial charge in [-0.2, -0.15) is 4.98 Å². The van der Waals surface area contributed by atoms with Gasteiger partial charge < -0.3 is 10.1 Å². The lowest BCUT2D eigenvalue weighted by Gasteiger charge is -2.07. The maximum atomic E-state index is 5.47. The van der Waals surface area contributed by atoms with Gasteiger partial charge in [0.15, 0.2) is 0 Å². The van der Waals surface area contributed by atoms with Crippen LogP contribution in [0.5, 0.6) is 5.88 Å². The zero-order valence-corrected chi connectivity index (χ0v) is 11.2. The fourth-order valence-corrected chi connectivity index (χ4v) is 1.68. The predicted octanol–water partition coefficient (Wildman–Crippen LogP) is 2.92. The van der Waals surface area contributed by atoms with E-state index in [4.69, 9.17) is 4.74 Å². The van der Waals surface area contributed by atoms with Crippen LogP contribution < -0.4 is 10.1 Å². The summed E-state index contributed by atoms with van der Waals surface area (Å²) in [5, 5.41) is 3.21. The Morgan fingerprint density at radius 3 is 2.79 bits per heavy atom. The van der Waals surface area contributed by atoms with Gasteiger partial charge in [0, 0.05) is 18.8 Å². The first-order chi connectivity index (χ1) is 9.38. The van der Waals surface area contributed by atoms with Crippen molar-refractivity contribution in [1.29, 1.82) is 0 Å². The third-order valence-corrected chi connectivity index (χ3v) is 2.62. The number of nitrogens with one attached hydrogen (secondary N) is 1. The molecule has 100 valence electrons. The first-order valence-corrected chi connectivity index (χ1v) is 6.62. The molecule has 1 aromatic carbocycles. The molecule has 4 heteroatoms. The van der Waals surface area contributed by atoms with Gasteiger partial charge in [-0.05, 0) is 18.4 Å². The number of anilines is 1. The highest BCUT2D eigenvalue weighted by atomic mass is 16.5. The summed E-state index contributed by atoms with van der Waals surface area (Å²) in [6, 6.07) is 12.1. The van der Waals surface area contributed by atoms with E-state index in [0.29, 0.717) is 18.4 Å². The summed E-state index contributed by atoms with van der Waals surface area (Å²) in [6.07, 6.45) is 3.63. The van der Waals surface area contributed by atoms with E-state index in [-0.39, 0.29) is 0 Å². The molecule has 4 nitrogen and oxygen atoms in total. The van der Waals surface area contributed by atoms with E-state index in [1.807, 2.05) is 18.2 Å². The van der Waals surface area contributed by atoms with Crippen LogP contribution in [0.1, 0.15) is 18.9 Å². The van der Waals surface area contributed by atoms with E-state index in [9.17, 15) is 0 Å². The smallest absolute Gasteiger partial charge is 0.225 e. The first kappa shape index (κ1) is 13.3. The largest absolute Gasteiger partial charge is 0.478 e. The number of rotatable bonds is 7. The topological polar surface area (TPSA) is 47.0 Å². The minimum Gasteiger partial charge on any atom is -0.478 e. The Bertz CT molecular complexity index is 488. The average molecular weight is 257 g/mol. The van der Waals surface area contributed by atoms with Crippen LogP contribution in [0.15, 0.2) is 42.6 Å². The lowest BCUT2D eigenvalue weighted by atomic mass is 10.1. The second-order valence-corrected chi connectivity index (χ2v) is 4.23. The van der Waals surface area contributed by atoms with Gasteiger partial charge in [-0.25, -0.2) is 4.98 Å². The lowest BCUT2D eigenvalue weighted by Crippen LogP contribution is -2.08. The maximum Gasteiger partial charge on any atom is 0.225 e. The van der Waals surface area contributed by atoms with Crippen molar-refractivity contribution in [3.63, 3.8) is 0 Å². The molecule has 0 aliphatic rings. The van der Waals surface area contributed by atoms with Crippen molar-refractivity contribution in [3.8, 4) is 5.88 Å². The van der Waals surface area contributed by atoms with Crippen LogP contribution in [0.25, 0.3) is 0 Å². The lowest BCUT2D eigenvalue weighted by molar-refractivity contribution is 0.305. The second-order valence-electron chi connectivity index (χ2n) is 4.23. The third kappa shape index (κ3) is 4.58. The van der Waals surface area contributed by atoms with Gasteiger partial charge in [0.05, 0.1) is 6.61 Å². The Kier molecular flexibility index (Phi) is 5.17. The molecule has 0 bridgehead atoms. The molecule has 0 saturated carbocycles. The summed E-state index contributed by atoms with van der Waals surface area (Å²) in [7, 11) is 0. The summed E-state index contributed by atoms with van der Waals surface area (Å²) >= 11 is 0. The molecule has 1 N–H and O–H groups in total. The van der Waals surface area contributed by atoms with Crippen molar-refractivity contribution in [2.45, 2.75) is 19.8 Å². The number of ether oxygens (including phenoxy) is 1. The molecule has 0 spiro atoms. The van der Waals surface area contributed by atoms with E-state index in [0.717, 1.165) is 19.4 Å². The summed E-state index contributed by atoms with van der Waals surface area (Å²) < 4.78 is 5.47. The Balaban J connectivity index is 1.82. The molecule has 0 atom stereocenters. The molecule has 2 aromatic rings. The Morgan fingerprint density at radius 2 is 2.00 bits per heavy atom. The third-order valence-electron chi connectivity index (χ3n) is 2.62. The van der Waals surface area contributed by atoms with E-state index in [2.05, 4.69) is 34.3 Å². The van der Waals surface area contributed by atoms with Crippen LogP contribution in [0.4, 0.5) is 5.95 Å². The number of benzene rings is 1. The van der Waals surface area contributed by atoms with Gasteiger partial charge in [0.2, 0.25) is 11.8 Å². The second kappa shape index (κ2) is 7.36. The van der Waals surface area contributed by atoms with Crippen LogP contribution in [0, 0.1) is 0 Å². The molecule has 0 aliphatic carbocycles. The van der Waals surface area contributed by atoms with Crippen molar-refractivity contribution in [3.05, 3.63) is 48.2 Å². The highest BCUT2D eigenvalue weighted by molar-refractivity contribution is 5.28. The molecule has 0 amide bonds.